The lowest BCUT2D eigenvalue weighted by atomic mass is 9.89. The average Bonchev–Trinajstić information content (AvgIpc) is 3.23. The molecule has 0 aromatic carbocycles. The summed E-state index contributed by atoms with van der Waals surface area (Å²) in [7, 11) is 0. The normalized spacial score (nSPS) is 15.7. The highest BCUT2D eigenvalue weighted by Gasteiger charge is 2.32. The summed E-state index contributed by atoms with van der Waals surface area (Å²) in [6, 6.07) is 7.83. The topological polar surface area (TPSA) is 72.7 Å². The van der Waals surface area contributed by atoms with Gasteiger partial charge in [-0.3, -0.25) is 14.5 Å². The van der Waals surface area contributed by atoms with Crippen LogP contribution in [0.3, 0.4) is 0 Å². The van der Waals surface area contributed by atoms with Crippen LogP contribution in [0.4, 0.5) is 5.82 Å². The molecule has 1 aliphatic rings. The fraction of sp³-hybridized carbons (Fsp3) is 0.440. The summed E-state index contributed by atoms with van der Waals surface area (Å²) in [6.07, 6.45) is 4.74. The molecule has 3 aromatic rings. The lowest BCUT2D eigenvalue weighted by Crippen LogP contribution is -2.20. The standard InChI is InChI=1S/C25H31N5O/c1-15(2)20-8-7-9-21(28-20)17(4)24(31)29-23-10-18(16(3)12-26-23)19-13-27-30-14-25(5,6)11-22(19)30/h7-10,12-13,15,17H,11,14H2,1-6H3,(H,26,29,31)/t17-/m1/s1. The van der Waals surface area contributed by atoms with Gasteiger partial charge in [0, 0.05) is 29.7 Å². The Morgan fingerprint density at radius 2 is 1.87 bits per heavy atom. The third kappa shape index (κ3) is 4.24. The molecule has 6 heteroatoms. The van der Waals surface area contributed by atoms with Gasteiger partial charge in [0.05, 0.1) is 17.8 Å². The monoisotopic (exact) mass is 417 g/mol. The number of anilines is 1. The van der Waals surface area contributed by atoms with Gasteiger partial charge in [0.2, 0.25) is 5.91 Å². The molecule has 6 nitrogen and oxygen atoms in total. The Morgan fingerprint density at radius 3 is 2.61 bits per heavy atom. The van der Waals surface area contributed by atoms with E-state index in [4.69, 9.17) is 0 Å². The van der Waals surface area contributed by atoms with Crippen molar-refractivity contribution in [1.29, 1.82) is 0 Å². The number of rotatable bonds is 5. The van der Waals surface area contributed by atoms with Crippen LogP contribution in [0, 0.1) is 12.3 Å². The van der Waals surface area contributed by atoms with Gasteiger partial charge in [-0.2, -0.15) is 5.10 Å². The summed E-state index contributed by atoms with van der Waals surface area (Å²) in [5.74, 6) is 0.387. The van der Waals surface area contributed by atoms with Gasteiger partial charge in [-0.25, -0.2) is 4.98 Å². The van der Waals surface area contributed by atoms with Crippen LogP contribution in [0.2, 0.25) is 0 Å². The molecule has 0 spiro atoms. The van der Waals surface area contributed by atoms with Crippen LogP contribution in [0.15, 0.2) is 36.7 Å². The first-order valence-corrected chi connectivity index (χ1v) is 10.9. The fourth-order valence-electron chi connectivity index (χ4n) is 4.16. The molecule has 0 fully saturated rings. The number of aromatic nitrogens is 4. The third-order valence-electron chi connectivity index (χ3n) is 6.04. The van der Waals surface area contributed by atoms with E-state index in [0.717, 1.165) is 41.0 Å². The summed E-state index contributed by atoms with van der Waals surface area (Å²) in [6.45, 7) is 13.6. The molecule has 0 bridgehead atoms. The van der Waals surface area contributed by atoms with Gasteiger partial charge in [0.25, 0.3) is 0 Å². The SMILES string of the molecule is Cc1cnc(NC(=O)[C@H](C)c2cccc(C(C)C)n2)cc1-c1cnn2c1CC(C)(C)C2. The zero-order valence-electron chi connectivity index (χ0n) is 19.2. The van der Waals surface area contributed by atoms with Crippen molar-refractivity contribution in [2.24, 2.45) is 5.41 Å². The lowest BCUT2D eigenvalue weighted by Gasteiger charge is -2.15. The number of carbonyl (C=O) groups is 1. The van der Waals surface area contributed by atoms with Crippen molar-refractivity contribution >= 4 is 11.7 Å². The van der Waals surface area contributed by atoms with Crippen LogP contribution in [-0.2, 0) is 17.8 Å². The lowest BCUT2D eigenvalue weighted by molar-refractivity contribution is -0.117. The number of carbonyl (C=O) groups excluding carboxylic acids is 1. The van der Waals surface area contributed by atoms with E-state index in [9.17, 15) is 4.79 Å². The minimum Gasteiger partial charge on any atom is -0.310 e. The zero-order chi connectivity index (χ0) is 22.3. The summed E-state index contributed by atoms with van der Waals surface area (Å²) >= 11 is 0. The van der Waals surface area contributed by atoms with E-state index in [1.807, 2.05) is 50.5 Å². The van der Waals surface area contributed by atoms with Gasteiger partial charge >= 0.3 is 0 Å². The second kappa shape index (κ2) is 7.91. The molecule has 4 rings (SSSR count). The number of nitrogens with zero attached hydrogens (tertiary/aromatic N) is 4. The summed E-state index contributed by atoms with van der Waals surface area (Å²) < 4.78 is 2.10. The van der Waals surface area contributed by atoms with Crippen LogP contribution in [0.5, 0.6) is 0 Å². The van der Waals surface area contributed by atoms with Gasteiger partial charge in [-0.1, -0.05) is 33.8 Å². The largest absolute Gasteiger partial charge is 0.310 e. The van der Waals surface area contributed by atoms with Crippen LogP contribution in [-0.4, -0.2) is 25.7 Å². The number of pyridine rings is 2. The number of aryl methyl sites for hydroxylation is 1. The number of nitrogens with one attached hydrogen (secondary N) is 1. The van der Waals surface area contributed by atoms with Gasteiger partial charge in [-0.15, -0.1) is 0 Å². The summed E-state index contributed by atoms with van der Waals surface area (Å²) in [5, 5.41) is 7.58. The van der Waals surface area contributed by atoms with Crippen molar-refractivity contribution in [2.75, 3.05) is 5.32 Å². The Bertz CT molecular complexity index is 1130. The molecule has 1 N–H and O–H groups in total. The van der Waals surface area contributed by atoms with Crippen molar-refractivity contribution in [3.63, 3.8) is 0 Å². The molecule has 31 heavy (non-hydrogen) atoms. The van der Waals surface area contributed by atoms with Crippen molar-refractivity contribution in [2.45, 2.75) is 66.3 Å². The zero-order valence-corrected chi connectivity index (χ0v) is 19.2. The van der Waals surface area contributed by atoms with Crippen molar-refractivity contribution < 1.29 is 4.79 Å². The maximum atomic E-state index is 12.9. The molecule has 0 saturated heterocycles. The highest BCUT2D eigenvalue weighted by molar-refractivity contribution is 5.95. The second-order valence-corrected chi connectivity index (χ2v) is 9.74. The van der Waals surface area contributed by atoms with E-state index < -0.39 is 0 Å². The summed E-state index contributed by atoms with van der Waals surface area (Å²) in [5.41, 5.74) is 6.48. The third-order valence-corrected chi connectivity index (χ3v) is 6.04. The van der Waals surface area contributed by atoms with Gasteiger partial charge in [-0.05, 0) is 60.9 Å². The molecule has 0 unspecified atom stereocenters. The molecule has 3 aromatic heterocycles. The van der Waals surface area contributed by atoms with Gasteiger partial charge < -0.3 is 5.32 Å². The van der Waals surface area contributed by atoms with E-state index >= 15 is 0 Å². The van der Waals surface area contributed by atoms with Gasteiger partial charge in [0.15, 0.2) is 0 Å². The highest BCUT2D eigenvalue weighted by Crippen LogP contribution is 2.38. The Hall–Kier alpha value is -3.02. The van der Waals surface area contributed by atoms with E-state index in [-0.39, 0.29) is 17.2 Å². The van der Waals surface area contributed by atoms with Crippen LogP contribution in [0.25, 0.3) is 11.1 Å². The Balaban J connectivity index is 1.57. The van der Waals surface area contributed by atoms with E-state index in [0.29, 0.717) is 11.7 Å². The molecule has 162 valence electrons. The predicted molar refractivity (Wildman–Crippen MR) is 123 cm³/mol. The molecule has 0 radical (unpaired) electrons. The fourth-order valence-corrected chi connectivity index (χ4v) is 4.16. The molecule has 4 heterocycles. The first-order valence-electron chi connectivity index (χ1n) is 10.9. The minimum absolute atomic E-state index is 0.114. The number of hydrogen-bond acceptors (Lipinski definition) is 4. The second-order valence-electron chi connectivity index (χ2n) is 9.74. The predicted octanol–water partition coefficient (Wildman–Crippen LogP) is 5.10. The average molecular weight is 418 g/mol. The van der Waals surface area contributed by atoms with E-state index in [2.05, 4.69) is 52.8 Å². The maximum absolute atomic E-state index is 12.9. The van der Waals surface area contributed by atoms with Crippen molar-refractivity contribution in [3.05, 3.63) is 59.3 Å². The minimum atomic E-state index is -0.369. The Morgan fingerprint density at radius 1 is 1.13 bits per heavy atom. The Kier molecular flexibility index (Phi) is 5.42. The number of hydrogen-bond donors (Lipinski definition) is 1. The van der Waals surface area contributed by atoms with E-state index in [1.165, 1.54) is 5.69 Å². The molecular formula is C25H31N5O. The molecule has 1 amide bonds. The first-order chi connectivity index (χ1) is 14.6. The first kappa shape index (κ1) is 21.2. The van der Waals surface area contributed by atoms with E-state index in [1.54, 1.807) is 0 Å². The summed E-state index contributed by atoms with van der Waals surface area (Å²) in [4.78, 5) is 22.1. The number of fused-ring (bicyclic) bond motifs is 1. The molecule has 1 atom stereocenters. The molecule has 1 aliphatic heterocycles. The van der Waals surface area contributed by atoms with Crippen molar-refractivity contribution in [1.82, 2.24) is 19.7 Å². The maximum Gasteiger partial charge on any atom is 0.234 e. The molecule has 0 saturated carbocycles. The van der Waals surface area contributed by atoms with Crippen LogP contribution in [0.1, 0.15) is 69.1 Å². The van der Waals surface area contributed by atoms with Crippen LogP contribution >= 0.6 is 0 Å². The highest BCUT2D eigenvalue weighted by atomic mass is 16.1. The van der Waals surface area contributed by atoms with Gasteiger partial charge in [0.1, 0.15) is 5.82 Å². The molecule has 0 aliphatic carbocycles. The molecular weight excluding hydrogens is 386 g/mol. The van der Waals surface area contributed by atoms with Crippen molar-refractivity contribution in [3.8, 4) is 11.1 Å². The Labute approximate surface area is 184 Å². The van der Waals surface area contributed by atoms with Crippen LogP contribution < -0.4 is 5.32 Å². The number of amides is 1. The quantitative estimate of drug-likeness (QED) is 0.627. The smallest absolute Gasteiger partial charge is 0.234 e.